The minimum absolute atomic E-state index is 0.293. The van der Waals surface area contributed by atoms with Crippen molar-refractivity contribution in [2.75, 3.05) is 12.4 Å². The van der Waals surface area contributed by atoms with Gasteiger partial charge in [-0.25, -0.2) is 0 Å². The highest BCUT2D eigenvalue weighted by Gasteiger charge is 2.24. The van der Waals surface area contributed by atoms with E-state index >= 15 is 0 Å². The first-order valence-corrected chi connectivity index (χ1v) is 8.75. The average Bonchev–Trinajstić information content (AvgIpc) is 2.94. The predicted octanol–water partition coefficient (Wildman–Crippen LogP) is 5.43. The lowest BCUT2D eigenvalue weighted by molar-refractivity contribution is 0.415. The summed E-state index contributed by atoms with van der Waals surface area (Å²) in [5.41, 5.74) is 5.02. The molecule has 1 aliphatic rings. The Morgan fingerprint density at radius 2 is 2.09 bits per heavy atom. The quantitative estimate of drug-likeness (QED) is 0.644. The SMILES string of the molecule is COc1ccccc1NC1CCCc2c1[nH]c1ccc(Br)cc21. The second kappa shape index (κ2) is 5.93. The van der Waals surface area contributed by atoms with Crippen LogP contribution in [0.15, 0.2) is 46.9 Å². The smallest absolute Gasteiger partial charge is 0.141 e. The molecule has 0 saturated heterocycles. The maximum Gasteiger partial charge on any atom is 0.141 e. The zero-order chi connectivity index (χ0) is 15.8. The zero-order valence-electron chi connectivity index (χ0n) is 13.0. The molecule has 0 saturated carbocycles. The number of halogens is 1. The standard InChI is InChI=1S/C19H19BrN2O/c1-23-18-8-3-2-6-16(18)21-17-7-4-5-13-14-11-12(20)9-10-15(14)22-19(13)17/h2-3,6,8-11,17,21-22H,4-5,7H2,1H3. The van der Waals surface area contributed by atoms with Crippen LogP contribution in [-0.2, 0) is 6.42 Å². The first-order chi connectivity index (χ1) is 11.3. The van der Waals surface area contributed by atoms with Crippen LogP contribution in [0.25, 0.3) is 10.9 Å². The Morgan fingerprint density at radius 3 is 2.96 bits per heavy atom. The number of benzene rings is 2. The van der Waals surface area contributed by atoms with Gasteiger partial charge in [0.2, 0.25) is 0 Å². The molecule has 1 heterocycles. The molecule has 2 aromatic carbocycles. The van der Waals surface area contributed by atoms with Crippen LogP contribution in [-0.4, -0.2) is 12.1 Å². The van der Waals surface area contributed by atoms with E-state index < -0.39 is 0 Å². The molecular formula is C19H19BrN2O. The number of fused-ring (bicyclic) bond motifs is 3. The lowest BCUT2D eigenvalue weighted by atomic mass is 9.91. The lowest BCUT2D eigenvalue weighted by Crippen LogP contribution is -2.17. The van der Waals surface area contributed by atoms with Crippen molar-refractivity contribution >= 4 is 32.5 Å². The second-order valence-corrected chi connectivity index (χ2v) is 6.91. The van der Waals surface area contributed by atoms with Crippen molar-refractivity contribution in [1.82, 2.24) is 4.98 Å². The molecule has 4 rings (SSSR count). The molecule has 0 amide bonds. The number of hydrogen-bond donors (Lipinski definition) is 2. The zero-order valence-corrected chi connectivity index (χ0v) is 14.6. The molecule has 1 aromatic heterocycles. The van der Waals surface area contributed by atoms with Gasteiger partial charge in [-0.2, -0.15) is 0 Å². The maximum absolute atomic E-state index is 5.47. The summed E-state index contributed by atoms with van der Waals surface area (Å²) in [5.74, 6) is 0.887. The fourth-order valence-electron chi connectivity index (χ4n) is 3.53. The van der Waals surface area contributed by atoms with Gasteiger partial charge in [0.15, 0.2) is 0 Å². The number of hydrogen-bond acceptors (Lipinski definition) is 2. The summed E-state index contributed by atoms with van der Waals surface area (Å²) < 4.78 is 6.60. The molecule has 0 fully saturated rings. The van der Waals surface area contributed by atoms with Gasteiger partial charge in [-0.1, -0.05) is 28.1 Å². The molecule has 0 spiro atoms. The number of para-hydroxylation sites is 2. The van der Waals surface area contributed by atoms with E-state index in [1.807, 2.05) is 18.2 Å². The van der Waals surface area contributed by atoms with Crippen LogP contribution < -0.4 is 10.1 Å². The Balaban J connectivity index is 1.74. The normalized spacial score (nSPS) is 17.0. The predicted molar refractivity (Wildman–Crippen MR) is 98.3 cm³/mol. The van der Waals surface area contributed by atoms with Gasteiger partial charge in [0.05, 0.1) is 18.8 Å². The van der Waals surface area contributed by atoms with Crippen molar-refractivity contribution in [1.29, 1.82) is 0 Å². The number of rotatable bonds is 3. The van der Waals surface area contributed by atoms with E-state index in [9.17, 15) is 0 Å². The van der Waals surface area contributed by atoms with Crippen LogP contribution in [0, 0.1) is 0 Å². The Hall–Kier alpha value is -1.94. The van der Waals surface area contributed by atoms with Crippen LogP contribution in [0.3, 0.4) is 0 Å². The Labute approximate surface area is 144 Å². The van der Waals surface area contributed by atoms with Crippen LogP contribution in [0.5, 0.6) is 5.75 Å². The minimum atomic E-state index is 0.293. The van der Waals surface area contributed by atoms with Gasteiger partial charge >= 0.3 is 0 Å². The Kier molecular flexibility index (Phi) is 3.77. The van der Waals surface area contributed by atoms with Crippen molar-refractivity contribution in [2.45, 2.75) is 25.3 Å². The first-order valence-electron chi connectivity index (χ1n) is 7.96. The average molecular weight is 371 g/mol. The molecule has 3 nitrogen and oxygen atoms in total. The van der Waals surface area contributed by atoms with E-state index in [4.69, 9.17) is 4.74 Å². The summed E-state index contributed by atoms with van der Waals surface area (Å²) in [4.78, 5) is 3.63. The van der Waals surface area contributed by atoms with Crippen LogP contribution >= 0.6 is 15.9 Å². The Bertz CT molecular complexity index is 856. The van der Waals surface area contributed by atoms with Crippen LogP contribution in [0.4, 0.5) is 5.69 Å². The van der Waals surface area contributed by atoms with Gasteiger partial charge in [-0.05, 0) is 55.2 Å². The summed E-state index contributed by atoms with van der Waals surface area (Å²) >= 11 is 3.59. The molecule has 3 aromatic rings. The van der Waals surface area contributed by atoms with Crippen molar-refractivity contribution in [2.24, 2.45) is 0 Å². The van der Waals surface area contributed by atoms with E-state index in [-0.39, 0.29) is 0 Å². The largest absolute Gasteiger partial charge is 0.495 e. The van der Waals surface area contributed by atoms with E-state index in [2.05, 4.69) is 50.5 Å². The van der Waals surface area contributed by atoms with E-state index in [0.717, 1.165) is 28.8 Å². The molecular weight excluding hydrogens is 352 g/mol. The summed E-state index contributed by atoms with van der Waals surface area (Å²) in [6.45, 7) is 0. The molecule has 1 unspecified atom stereocenters. The van der Waals surface area contributed by atoms with Gasteiger partial charge in [0, 0.05) is 21.1 Å². The summed E-state index contributed by atoms with van der Waals surface area (Å²) in [6.07, 6.45) is 3.45. The van der Waals surface area contributed by atoms with Crippen LogP contribution in [0.2, 0.25) is 0 Å². The highest BCUT2D eigenvalue weighted by Crippen LogP contribution is 2.38. The lowest BCUT2D eigenvalue weighted by Gasteiger charge is -2.25. The number of methoxy groups -OCH3 is 1. The number of aromatic nitrogens is 1. The fraction of sp³-hybridized carbons (Fsp3) is 0.263. The molecule has 1 aliphatic carbocycles. The summed E-state index contributed by atoms with van der Waals surface area (Å²) in [7, 11) is 1.72. The number of nitrogens with one attached hydrogen (secondary N) is 2. The van der Waals surface area contributed by atoms with E-state index in [1.165, 1.54) is 28.6 Å². The number of aryl methyl sites for hydroxylation is 1. The first kappa shape index (κ1) is 14.6. The highest BCUT2D eigenvalue weighted by molar-refractivity contribution is 9.10. The number of aromatic amines is 1. The van der Waals surface area contributed by atoms with E-state index in [0.29, 0.717) is 6.04 Å². The fourth-order valence-corrected chi connectivity index (χ4v) is 3.89. The van der Waals surface area contributed by atoms with E-state index in [1.54, 1.807) is 7.11 Å². The molecule has 0 bridgehead atoms. The van der Waals surface area contributed by atoms with Gasteiger partial charge in [0.25, 0.3) is 0 Å². The van der Waals surface area contributed by atoms with Crippen molar-refractivity contribution < 1.29 is 4.74 Å². The van der Waals surface area contributed by atoms with Crippen molar-refractivity contribution in [3.8, 4) is 5.75 Å². The third-order valence-corrected chi connectivity index (χ3v) is 5.10. The Morgan fingerprint density at radius 1 is 1.22 bits per heavy atom. The van der Waals surface area contributed by atoms with Crippen LogP contribution in [0.1, 0.15) is 30.1 Å². The molecule has 1 atom stereocenters. The van der Waals surface area contributed by atoms with Gasteiger partial charge in [-0.3, -0.25) is 0 Å². The minimum Gasteiger partial charge on any atom is -0.495 e. The molecule has 118 valence electrons. The maximum atomic E-state index is 5.47. The monoisotopic (exact) mass is 370 g/mol. The third-order valence-electron chi connectivity index (χ3n) is 4.61. The molecule has 2 N–H and O–H groups in total. The number of H-pyrrole nitrogens is 1. The van der Waals surface area contributed by atoms with Gasteiger partial charge in [0.1, 0.15) is 5.75 Å². The third kappa shape index (κ3) is 2.61. The molecule has 0 radical (unpaired) electrons. The summed E-state index contributed by atoms with van der Waals surface area (Å²) in [6, 6.07) is 14.9. The highest BCUT2D eigenvalue weighted by atomic mass is 79.9. The number of anilines is 1. The molecule has 0 aliphatic heterocycles. The van der Waals surface area contributed by atoms with Gasteiger partial charge < -0.3 is 15.0 Å². The summed E-state index contributed by atoms with van der Waals surface area (Å²) in [5, 5.41) is 5.00. The molecule has 23 heavy (non-hydrogen) atoms. The second-order valence-electron chi connectivity index (χ2n) is 6.00. The number of ether oxygens (including phenoxy) is 1. The van der Waals surface area contributed by atoms with Crippen molar-refractivity contribution in [3.05, 3.63) is 58.2 Å². The van der Waals surface area contributed by atoms with Gasteiger partial charge in [-0.15, -0.1) is 0 Å². The topological polar surface area (TPSA) is 37.0 Å². The van der Waals surface area contributed by atoms with Crippen molar-refractivity contribution in [3.63, 3.8) is 0 Å². The molecule has 4 heteroatoms.